The van der Waals surface area contributed by atoms with Crippen molar-refractivity contribution in [2.75, 3.05) is 5.32 Å². The fourth-order valence-corrected chi connectivity index (χ4v) is 3.58. The maximum absolute atomic E-state index is 14.0. The Hall–Kier alpha value is -2.67. The summed E-state index contributed by atoms with van der Waals surface area (Å²) in [6.45, 7) is 5.51. The minimum atomic E-state index is -0.466. The molecule has 1 aromatic carbocycles. The highest BCUT2D eigenvalue weighted by Crippen LogP contribution is 2.28. The number of thioether (sulfide) groups is 1. The summed E-state index contributed by atoms with van der Waals surface area (Å²) in [5, 5.41) is 7.11. The third-order valence-electron chi connectivity index (χ3n) is 3.92. The highest BCUT2D eigenvalue weighted by Gasteiger charge is 2.16. The number of rotatable bonds is 5. The number of halogens is 1. The molecule has 3 aromatic rings. The molecular weight excluding hydrogens is 353 g/mol. The van der Waals surface area contributed by atoms with Crippen LogP contribution in [0.15, 0.2) is 46.1 Å². The first kappa shape index (κ1) is 18.1. The number of aromatic nitrogens is 2. The summed E-state index contributed by atoms with van der Waals surface area (Å²) < 4.78 is 19.2. The van der Waals surface area contributed by atoms with E-state index in [9.17, 15) is 9.18 Å². The average molecular weight is 371 g/mol. The SMILES string of the molecule is Cc1ccc(NC(=O)c2cccnc2SCc2c(C)noc2C)c(F)c1. The van der Waals surface area contributed by atoms with Crippen molar-refractivity contribution in [2.45, 2.75) is 31.6 Å². The van der Waals surface area contributed by atoms with Gasteiger partial charge in [0.05, 0.1) is 16.9 Å². The first-order valence-electron chi connectivity index (χ1n) is 8.02. The van der Waals surface area contributed by atoms with Gasteiger partial charge in [0.15, 0.2) is 0 Å². The predicted octanol–water partition coefficient (Wildman–Crippen LogP) is 4.68. The molecule has 0 saturated carbocycles. The molecule has 0 radical (unpaired) electrons. The smallest absolute Gasteiger partial charge is 0.258 e. The van der Waals surface area contributed by atoms with E-state index >= 15 is 0 Å². The van der Waals surface area contributed by atoms with Gasteiger partial charge in [-0.1, -0.05) is 11.2 Å². The summed E-state index contributed by atoms with van der Waals surface area (Å²) in [6, 6.07) is 8.03. The minimum Gasteiger partial charge on any atom is -0.361 e. The van der Waals surface area contributed by atoms with Gasteiger partial charge in [0, 0.05) is 17.5 Å². The summed E-state index contributed by atoms with van der Waals surface area (Å²) in [5.41, 5.74) is 3.13. The lowest BCUT2D eigenvalue weighted by molar-refractivity contribution is 0.102. The fraction of sp³-hybridized carbons (Fsp3) is 0.211. The molecule has 1 N–H and O–H groups in total. The number of benzene rings is 1. The summed E-state index contributed by atoms with van der Waals surface area (Å²) in [7, 11) is 0. The lowest BCUT2D eigenvalue weighted by Crippen LogP contribution is -2.14. The van der Waals surface area contributed by atoms with Gasteiger partial charge in [-0.2, -0.15) is 0 Å². The van der Waals surface area contributed by atoms with E-state index in [2.05, 4.69) is 15.5 Å². The van der Waals surface area contributed by atoms with Crippen molar-refractivity contribution in [3.63, 3.8) is 0 Å². The number of anilines is 1. The lowest BCUT2D eigenvalue weighted by atomic mass is 10.2. The molecule has 2 aromatic heterocycles. The van der Waals surface area contributed by atoms with E-state index in [1.807, 2.05) is 13.8 Å². The summed E-state index contributed by atoms with van der Waals surface area (Å²) in [5.74, 6) is 0.463. The molecule has 2 heterocycles. The molecule has 0 aliphatic carbocycles. The number of nitrogens with one attached hydrogen (secondary N) is 1. The van der Waals surface area contributed by atoms with Crippen LogP contribution in [0.5, 0.6) is 0 Å². The fourth-order valence-electron chi connectivity index (χ4n) is 2.44. The minimum absolute atomic E-state index is 0.145. The zero-order valence-electron chi connectivity index (χ0n) is 14.7. The Morgan fingerprint density at radius 1 is 1.27 bits per heavy atom. The molecule has 0 fully saturated rings. The molecule has 0 atom stereocenters. The molecule has 26 heavy (non-hydrogen) atoms. The van der Waals surface area contributed by atoms with Crippen LogP contribution in [0.2, 0.25) is 0 Å². The van der Waals surface area contributed by atoms with Gasteiger partial charge < -0.3 is 9.84 Å². The second-order valence-electron chi connectivity index (χ2n) is 5.88. The quantitative estimate of drug-likeness (QED) is 0.660. The van der Waals surface area contributed by atoms with Crippen molar-refractivity contribution in [2.24, 2.45) is 0 Å². The summed E-state index contributed by atoms with van der Waals surface area (Å²) >= 11 is 1.41. The van der Waals surface area contributed by atoms with Gasteiger partial charge in [0.25, 0.3) is 5.91 Å². The highest BCUT2D eigenvalue weighted by molar-refractivity contribution is 7.98. The monoisotopic (exact) mass is 371 g/mol. The normalized spacial score (nSPS) is 10.8. The van der Waals surface area contributed by atoms with Crippen molar-refractivity contribution < 1.29 is 13.7 Å². The first-order chi connectivity index (χ1) is 12.5. The first-order valence-corrected chi connectivity index (χ1v) is 9.01. The molecular formula is C19H18FN3O2S. The topological polar surface area (TPSA) is 68.0 Å². The Kier molecular flexibility index (Phi) is 5.37. The number of carbonyl (C=O) groups is 1. The Balaban J connectivity index is 1.79. The molecule has 3 rings (SSSR count). The van der Waals surface area contributed by atoms with Crippen molar-refractivity contribution in [1.82, 2.24) is 10.1 Å². The van der Waals surface area contributed by atoms with Crippen molar-refractivity contribution >= 4 is 23.4 Å². The lowest BCUT2D eigenvalue weighted by Gasteiger charge is -2.10. The molecule has 1 amide bonds. The van der Waals surface area contributed by atoms with Crippen molar-refractivity contribution in [1.29, 1.82) is 0 Å². The Labute approximate surface area is 155 Å². The molecule has 0 aliphatic heterocycles. The van der Waals surface area contributed by atoms with Crippen molar-refractivity contribution in [3.05, 3.63) is 70.5 Å². The van der Waals surface area contributed by atoms with Gasteiger partial charge in [-0.05, 0) is 50.6 Å². The summed E-state index contributed by atoms with van der Waals surface area (Å²) in [6.07, 6.45) is 1.62. The average Bonchev–Trinajstić information content (AvgIpc) is 2.94. The van der Waals surface area contributed by atoms with Crippen LogP contribution in [0.25, 0.3) is 0 Å². The van der Waals surface area contributed by atoms with Gasteiger partial charge in [0.2, 0.25) is 0 Å². The number of hydrogen-bond donors (Lipinski definition) is 1. The van der Waals surface area contributed by atoms with E-state index in [1.54, 1.807) is 37.4 Å². The van der Waals surface area contributed by atoms with Crippen LogP contribution in [0.4, 0.5) is 10.1 Å². The molecule has 0 unspecified atom stereocenters. The Morgan fingerprint density at radius 2 is 2.08 bits per heavy atom. The van der Waals surface area contributed by atoms with Gasteiger partial charge in [-0.15, -0.1) is 11.8 Å². The second-order valence-corrected chi connectivity index (χ2v) is 6.85. The number of carbonyl (C=O) groups excluding carboxylic acids is 1. The third-order valence-corrected chi connectivity index (χ3v) is 4.95. The maximum Gasteiger partial charge on any atom is 0.258 e. The zero-order valence-corrected chi connectivity index (χ0v) is 15.5. The van der Waals surface area contributed by atoms with E-state index in [0.717, 1.165) is 22.6 Å². The van der Waals surface area contributed by atoms with Crippen LogP contribution < -0.4 is 5.32 Å². The molecule has 7 heteroatoms. The summed E-state index contributed by atoms with van der Waals surface area (Å²) in [4.78, 5) is 16.9. The van der Waals surface area contributed by atoms with Crippen LogP contribution in [-0.4, -0.2) is 16.0 Å². The number of pyridine rings is 1. The second kappa shape index (κ2) is 7.70. The molecule has 134 valence electrons. The van der Waals surface area contributed by atoms with E-state index in [4.69, 9.17) is 4.52 Å². The van der Waals surface area contributed by atoms with Gasteiger partial charge in [-0.25, -0.2) is 9.37 Å². The van der Waals surface area contributed by atoms with Crippen LogP contribution in [-0.2, 0) is 5.75 Å². The van der Waals surface area contributed by atoms with E-state index in [0.29, 0.717) is 16.3 Å². The predicted molar refractivity (Wildman–Crippen MR) is 98.9 cm³/mol. The van der Waals surface area contributed by atoms with Gasteiger partial charge >= 0.3 is 0 Å². The number of nitrogens with zero attached hydrogens (tertiary/aromatic N) is 2. The number of hydrogen-bond acceptors (Lipinski definition) is 5. The van der Waals surface area contributed by atoms with Gasteiger partial charge in [0.1, 0.15) is 16.6 Å². The molecule has 0 bridgehead atoms. The van der Waals surface area contributed by atoms with Crippen molar-refractivity contribution in [3.8, 4) is 0 Å². The van der Waals surface area contributed by atoms with Gasteiger partial charge in [-0.3, -0.25) is 4.79 Å². The standard InChI is InChI=1S/C19H18FN3O2S/c1-11-6-7-17(16(20)9-11)22-18(24)14-5-4-8-21-19(14)26-10-15-12(2)23-25-13(15)3/h4-9H,10H2,1-3H3,(H,22,24). The van der Waals surface area contributed by atoms with Crippen LogP contribution in [0.3, 0.4) is 0 Å². The van der Waals surface area contributed by atoms with E-state index in [1.165, 1.54) is 17.8 Å². The van der Waals surface area contributed by atoms with E-state index < -0.39 is 11.7 Å². The Bertz CT molecular complexity index is 936. The van der Waals surface area contributed by atoms with E-state index in [-0.39, 0.29) is 5.69 Å². The van der Waals surface area contributed by atoms with Crippen LogP contribution in [0.1, 0.15) is 32.9 Å². The number of amides is 1. The highest BCUT2D eigenvalue weighted by atomic mass is 32.2. The molecule has 0 aliphatic rings. The van der Waals surface area contributed by atoms with Crippen LogP contribution >= 0.6 is 11.8 Å². The largest absolute Gasteiger partial charge is 0.361 e. The number of aryl methyl sites for hydroxylation is 3. The molecule has 0 saturated heterocycles. The molecule has 5 nitrogen and oxygen atoms in total. The third kappa shape index (κ3) is 3.94. The Morgan fingerprint density at radius 3 is 2.77 bits per heavy atom. The zero-order chi connectivity index (χ0) is 18.7. The molecule has 0 spiro atoms. The van der Waals surface area contributed by atoms with Crippen LogP contribution in [0, 0.1) is 26.6 Å². The maximum atomic E-state index is 14.0.